The number of rotatable bonds is 5. The van der Waals surface area contributed by atoms with Gasteiger partial charge in [-0.1, -0.05) is 23.2 Å². The molecule has 0 atom stereocenters. The average Bonchev–Trinajstić information content (AvgIpc) is 2.49. The highest BCUT2D eigenvalue weighted by Crippen LogP contribution is 2.30. The van der Waals surface area contributed by atoms with E-state index in [-0.39, 0.29) is 16.3 Å². The maximum atomic E-state index is 12.3. The largest absolute Gasteiger partial charge is 0.492 e. The van der Waals surface area contributed by atoms with Gasteiger partial charge in [-0.15, -0.1) is 0 Å². The lowest BCUT2D eigenvalue weighted by molar-refractivity contribution is -0.384. The lowest BCUT2D eigenvalue weighted by Crippen LogP contribution is -2.13. The van der Waals surface area contributed by atoms with Gasteiger partial charge < -0.3 is 10.1 Å². The van der Waals surface area contributed by atoms with E-state index in [9.17, 15) is 14.9 Å². The number of amides is 1. The van der Waals surface area contributed by atoms with Gasteiger partial charge in [0.15, 0.2) is 0 Å². The van der Waals surface area contributed by atoms with Crippen LogP contribution in [0.15, 0.2) is 36.4 Å². The molecule has 0 saturated carbocycles. The lowest BCUT2D eigenvalue weighted by atomic mass is 10.2. The monoisotopic (exact) mass is 354 g/mol. The second-order valence-corrected chi connectivity index (χ2v) is 5.29. The second-order valence-electron chi connectivity index (χ2n) is 4.45. The van der Waals surface area contributed by atoms with Crippen molar-refractivity contribution >= 4 is 40.5 Å². The topological polar surface area (TPSA) is 81.5 Å². The summed E-state index contributed by atoms with van der Waals surface area (Å²) < 4.78 is 5.41. The molecule has 2 aromatic carbocycles. The van der Waals surface area contributed by atoms with Crippen LogP contribution in [0, 0.1) is 10.1 Å². The maximum Gasteiger partial charge on any atom is 0.270 e. The third kappa shape index (κ3) is 4.12. The van der Waals surface area contributed by atoms with Gasteiger partial charge in [0, 0.05) is 17.2 Å². The zero-order valence-electron chi connectivity index (χ0n) is 12.0. The first-order valence-corrected chi connectivity index (χ1v) is 7.35. The molecule has 0 unspecified atom stereocenters. The van der Waals surface area contributed by atoms with Crippen molar-refractivity contribution in [3.8, 4) is 5.75 Å². The fourth-order valence-electron chi connectivity index (χ4n) is 1.87. The van der Waals surface area contributed by atoms with Crippen LogP contribution in [0.5, 0.6) is 5.75 Å². The zero-order chi connectivity index (χ0) is 17.0. The molecule has 8 heteroatoms. The molecule has 0 spiro atoms. The molecule has 23 heavy (non-hydrogen) atoms. The number of benzene rings is 2. The predicted molar refractivity (Wildman–Crippen MR) is 88.7 cm³/mol. The van der Waals surface area contributed by atoms with Crippen LogP contribution in [0.3, 0.4) is 0 Å². The van der Waals surface area contributed by atoms with Crippen molar-refractivity contribution in [3.05, 3.63) is 62.1 Å². The molecule has 0 aliphatic rings. The molecule has 0 saturated heterocycles. The Morgan fingerprint density at radius 1 is 1.26 bits per heavy atom. The number of ether oxygens (including phenoxy) is 1. The van der Waals surface area contributed by atoms with Gasteiger partial charge in [-0.25, -0.2) is 0 Å². The summed E-state index contributed by atoms with van der Waals surface area (Å²) >= 11 is 11.9. The molecule has 0 heterocycles. The van der Waals surface area contributed by atoms with E-state index in [4.69, 9.17) is 27.9 Å². The van der Waals surface area contributed by atoms with Crippen LogP contribution in [0.4, 0.5) is 11.4 Å². The molecule has 0 bridgehead atoms. The number of anilines is 1. The first-order valence-electron chi connectivity index (χ1n) is 6.60. The molecule has 1 amide bonds. The number of non-ortho nitro benzene ring substituents is 1. The molecule has 0 aliphatic heterocycles. The minimum absolute atomic E-state index is 0.0170. The molecule has 1 N–H and O–H groups in total. The van der Waals surface area contributed by atoms with Crippen LogP contribution < -0.4 is 10.1 Å². The van der Waals surface area contributed by atoms with E-state index in [0.717, 1.165) is 6.07 Å². The summed E-state index contributed by atoms with van der Waals surface area (Å²) in [6.07, 6.45) is 0. The van der Waals surface area contributed by atoms with E-state index in [1.165, 1.54) is 12.1 Å². The maximum absolute atomic E-state index is 12.3. The normalized spacial score (nSPS) is 10.2. The molecule has 2 aromatic rings. The Kier molecular flexibility index (Phi) is 5.41. The average molecular weight is 355 g/mol. The van der Waals surface area contributed by atoms with Crippen molar-refractivity contribution in [2.45, 2.75) is 6.92 Å². The van der Waals surface area contributed by atoms with Gasteiger partial charge >= 0.3 is 0 Å². The van der Waals surface area contributed by atoms with Crippen molar-refractivity contribution in [1.82, 2.24) is 0 Å². The summed E-state index contributed by atoms with van der Waals surface area (Å²) in [7, 11) is 0. The molecular formula is C15H12Cl2N2O4. The Hall–Kier alpha value is -2.31. The number of nitro benzene ring substituents is 1. The van der Waals surface area contributed by atoms with Gasteiger partial charge in [0.05, 0.1) is 27.8 Å². The minimum Gasteiger partial charge on any atom is -0.492 e. The highest BCUT2D eigenvalue weighted by Gasteiger charge is 2.16. The molecule has 0 aliphatic carbocycles. The summed E-state index contributed by atoms with van der Waals surface area (Å²) in [4.78, 5) is 22.4. The quantitative estimate of drug-likeness (QED) is 0.630. The van der Waals surface area contributed by atoms with E-state index < -0.39 is 10.8 Å². The standard InChI is InChI=1S/C15H12Cl2N2O4/c1-2-23-14-6-3-9(16)7-13(14)18-15(20)11-5-4-10(19(21)22)8-12(11)17/h3-8H,2H2,1H3,(H,18,20). The number of nitrogens with one attached hydrogen (secondary N) is 1. The van der Waals surface area contributed by atoms with Crippen molar-refractivity contribution in [3.63, 3.8) is 0 Å². The molecule has 0 radical (unpaired) electrons. The first kappa shape index (κ1) is 17.1. The van der Waals surface area contributed by atoms with Gasteiger partial charge in [0.25, 0.3) is 11.6 Å². The smallest absolute Gasteiger partial charge is 0.270 e. The van der Waals surface area contributed by atoms with E-state index >= 15 is 0 Å². The predicted octanol–water partition coefficient (Wildman–Crippen LogP) is 4.55. The number of hydrogen-bond acceptors (Lipinski definition) is 4. The van der Waals surface area contributed by atoms with Crippen LogP contribution in [0.25, 0.3) is 0 Å². The van der Waals surface area contributed by atoms with Crippen LogP contribution in [-0.4, -0.2) is 17.4 Å². The number of halogens is 2. The van der Waals surface area contributed by atoms with Crippen molar-refractivity contribution in [1.29, 1.82) is 0 Å². The van der Waals surface area contributed by atoms with E-state index in [0.29, 0.717) is 23.1 Å². The number of hydrogen-bond donors (Lipinski definition) is 1. The molecule has 2 rings (SSSR count). The first-order chi connectivity index (χ1) is 10.9. The van der Waals surface area contributed by atoms with Crippen molar-refractivity contribution in [2.75, 3.05) is 11.9 Å². The number of carbonyl (C=O) groups excluding carboxylic acids is 1. The van der Waals surface area contributed by atoms with E-state index in [1.54, 1.807) is 18.2 Å². The van der Waals surface area contributed by atoms with E-state index in [1.807, 2.05) is 6.92 Å². The van der Waals surface area contributed by atoms with Crippen LogP contribution in [0.1, 0.15) is 17.3 Å². The highest BCUT2D eigenvalue weighted by atomic mass is 35.5. The Morgan fingerprint density at radius 2 is 2.00 bits per heavy atom. The molecule has 0 fully saturated rings. The highest BCUT2D eigenvalue weighted by molar-refractivity contribution is 6.34. The third-order valence-corrected chi connectivity index (χ3v) is 3.45. The van der Waals surface area contributed by atoms with Crippen LogP contribution in [0.2, 0.25) is 10.0 Å². The van der Waals surface area contributed by atoms with Crippen LogP contribution in [-0.2, 0) is 0 Å². The fraction of sp³-hybridized carbons (Fsp3) is 0.133. The van der Waals surface area contributed by atoms with Crippen LogP contribution >= 0.6 is 23.2 Å². The fourth-order valence-corrected chi connectivity index (χ4v) is 2.31. The molecule has 0 aromatic heterocycles. The summed E-state index contributed by atoms with van der Waals surface area (Å²) in [5, 5.41) is 13.7. The van der Waals surface area contributed by atoms with Gasteiger partial charge in [-0.3, -0.25) is 14.9 Å². The minimum atomic E-state index is -0.586. The Bertz CT molecular complexity index is 765. The van der Waals surface area contributed by atoms with Crippen molar-refractivity contribution in [2.24, 2.45) is 0 Å². The Labute approximate surface area is 142 Å². The SMILES string of the molecule is CCOc1ccc(Cl)cc1NC(=O)c1ccc([N+](=O)[O-])cc1Cl. The summed E-state index contributed by atoms with van der Waals surface area (Å²) in [6, 6.07) is 8.45. The van der Waals surface area contributed by atoms with Gasteiger partial charge in [0.2, 0.25) is 0 Å². The third-order valence-electron chi connectivity index (χ3n) is 2.90. The second kappa shape index (κ2) is 7.30. The van der Waals surface area contributed by atoms with E-state index in [2.05, 4.69) is 5.32 Å². The summed E-state index contributed by atoms with van der Waals surface area (Å²) in [5.41, 5.74) is 0.308. The van der Waals surface area contributed by atoms with Gasteiger partial charge in [-0.05, 0) is 31.2 Å². The number of nitro groups is 1. The zero-order valence-corrected chi connectivity index (χ0v) is 13.5. The Morgan fingerprint density at radius 3 is 2.61 bits per heavy atom. The lowest BCUT2D eigenvalue weighted by Gasteiger charge is -2.12. The van der Waals surface area contributed by atoms with Gasteiger partial charge in [0.1, 0.15) is 5.75 Å². The molecule has 120 valence electrons. The van der Waals surface area contributed by atoms with Gasteiger partial charge in [-0.2, -0.15) is 0 Å². The summed E-state index contributed by atoms with van der Waals surface area (Å²) in [6.45, 7) is 2.23. The molecule has 6 nitrogen and oxygen atoms in total. The Balaban J connectivity index is 2.29. The summed E-state index contributed by atoms with van der Waals surface area (Å²) in [5.74, 6) is -0.0589. The number of nitrogens with zero attached hydrogens (tertiary/aromatic N) is 1. The number of carbonyl (C=O) groups is 1. The van der Waals surface area contributed by atoms with Crippen molar-refractivity contribution < 1.29 is 14.5 Å². The molecular weight excluding hydrogens is 343 g/mol.